The van der Waals surface area contributed by atoms with E-state index < -0.39 is 30.4 Å². The molecule has 0 rings (SSSR count). The molecule has 0 fully saturated rings. The summed E-state index contributed by atoms with van der Waals surface area (Å²) in [6, 6.07) is 0. The third-order valence-electron chi connectivity index (χ3n) is 2.98. The highest BCUT2D eigenvalue weighted by molar-refractivity contribution is 5.92. The zero-order valence-electron chi connectivity index (χ0n) is 11.6. The number of hydrogen-bond acceptors (Lipinski definition) is 0. The Kier molecular flexibility index (Phi) is 7.91. The first-order valence-electron chi connectivity index (χ1n) is 6.80. The van der Waals surface area contributed by atoms with Gasteiger partial charge in [0.2, 0.25) is 0 Å². The molecule has 0 N–H and O–H groups in total. The van der Waals surface area contributed by atoms with Crippen molar-refractivity contribution in [2.75, 3.05) is 0 Å². The molecule has 112 valence electrons. The Labute approximate surface area is 111 Å². The summed E-state index contributed by atoms with van der Waals surface area (Å²) in [5.41, 5.74) is 6.85. The van der Waals surface area contributed by atoms with Crippen LogP contribution in [-0.2, 0) is 0 Å². The summed E-state index contributed by atoms with van der Waals surface area (Å²) in [6.07, 6.45) is 1.36. The average molecular weight is 282 g/mol. The average Bonchev–Trinajstić information content (AvgIpc) is 2.29. The fraction of sp³-hybridized carbons (Fsp3) is 0.923. The van der Waals surface area contributed by atoms with Crippen LogP contribution < -0.4 is 0 Å². The lowest BCUT2D eigenvalue weighted by Gasteiger charge is -2.18. The van der Waals surface area contributed by atoms with E-state index in [9.17, 15) is 17.6 Å². The fourth-order valence-corrected chi connectivity index (χ4v) is 1.84. The van der Waals surface area contributed by atoms with Gasteiger partial charge in [0.15, 0.2) is 0 Å². The number of unbranched alkanes of at least 4 members (excludes halogenated alkanes) is 4. The van der Waals surface area contributed by atoms with Crippen LogP contribution in [0.5, 0.6) is 0 Å². The molecular formula is C13H22F4N2. The molecule has 0 saturated carbocycles. The van der Waals surface area contributed by atoms with Crippen molar-refractivity contribution in [1.82, 2.24) is 0 Å². The maximum Gasteiger partial charge on any atom is 0.405 e. The van der Waals surface area contributed by atoms with Crippen LogP contribution in [0.3, 0.4) is 0 Å². The molecule has 19 heavy (non-hydrogen) atoms. The lowest BCUT2D eigenvalue weighted by atomic mass is 9.97. The topological polar surface area (TPSA) is 36.4 Å². The molecule has 0 unspecified atom stereocenters. The molecule has 0 aliphatic rings. The van der Waals surface area contributed by atoms with Gasteiger partial charge in [0, 0.05) is 12.8 Å². The smallest absolute Gasteiger partial charge is 0.361 e. The van der Waals surface area contributed by atoms with Gasteiger partial charge < -0.3 is 5.53 Å². The van der Waals surface area contributed by atoms with Crippen LogP contribution in [0.25, 0.3) is 5.53 Å². The SMILES string of the molecule is CCCCCC(F)(F)C(=[N+]=[N-])C(F)(F)CCCCC. The van der Waals surface area contributed by atoms with E-state index in [0.717, 1.165) is 0 Å². The zero-order chi connectivity index (χ0) is 14.9. The minimum atomic E-state index is -3.75. The van der Waals surface area contributed by atoms with Gasteiger partial charge in [-0.05, 0) is 12.8 Å². The van der Waals surface area contributed by atoms with Gasteiger partial charge in [0.05, 0.1) is 0 Å². The van der Waals surface area contributed by atoms with Gasteiger partial charge in [-0.1, -0.05) is 39.5 Å². The minimum absolute atomic E-state index is 0.132. The third kappa shape index (κ3) is 6.19. The van der Waals surface area contributed by atoms with Crippen LogP contribution in [0.4, 0.5) is 17.6 Å². The van der Waals surface area contributed by atoms with Crippen LogP contribution in [-0.4, -0.2) is 22.3 Å². The van der Waals surface area contributed by atoms with Crippen molar-refractivity contribution in [3.8, 4) is 0 Å². The third-order valence-corrected chi connectivity index (χ3v) is 2.98. The summed E-state index contributed by atoms with van der Waals surface area (Å²) in [5.74, 6) is -7.50. The normalized spacial score (nSPS) is 12.3. The van der Waals surface area contributed by atoms with E-state index in [1.807, 2.05) is 13.8 Å². The molecule has 0 aliphatic heterocycles. The number of nitrogens with zero attached hydrogens (tertiary/aromatic N) is 2. The standard InChI is InChI=1S/C13H22F4N2/c1-3-5-7-9-12(14,15)11(19-18)13(16,17)10-8-6-4-2/h3-10H2,1-2H3. The molecule has 0 aliphatic carbocycles. The van der Waals surface area contributed by atoms with E-state index in [1.54, 1.807) is 0 Å². The second-order valence-electron chi connectivity index (χ2n) is 4.77. The largest absolute Gasteiger partial charge is 0.405 e. The zero-order valence-corrected chi connectivity index (χ0v) is 11.6. The summed E-state index contributed by atoms with van der Waals surface area (Å²) < 4.78 is 54.6. The summed E-state index contributed by atoms with van der Waals surface area (Å²) in [6.45, 7) is 3.66. The fourth-order valence-electron chi connectivity index (χ4n) is 1.84. The van der Waals surface area contributed by atoms with E-state index in [-0.39, 0.29) is 12.8 Å². The highest BCUT2D eigenvalue weighted by Gasteiger charge is 2.58. The first kappa shape index (κ1) is 18.1. The van der Waals surface area contributed by atoms with E-state index in [2.05, 4.69) is 4.79 Å². The van der Waals surface area contributed by atoms with Crippen LogP contribution in [0.1, 0.15) is 65.2 Å². The summed E-state index contributed by atoms with van der Waals surface area (Å²) in [4.78, 5) is 2.21. The van der Waals surface area contributed by atoms with E-state index >= 15 is 0 Å². The molecule has 0 amide bonds. The van der Waals surface area contributed by atoms with Crippen molar-refractivity contribution in [1.29, 1.82) is 0 Å². The van der Waals surface area contributed by atoms with Crippen LogP contribution in [0.15, 0.2) is 0 Å². The lowest BCUT2D eigenvalue weighted by Crippen LogP contribution is -2.43. The predicted octanol–water partition coefficient (Wildman–Crippen LogP) is 5.09. The molecule has 6 heteroatoms. The Balaban J connectivity index is 4.73. The Morgan fingerprint density at radius 3 is 1.47 bits per heavy atom. The number of hydrogen-bond donors (Lipinski definition) is 0. The van der Waals surface area contributed by atoms with Crippen molar-refractivity contribution >= 4 is 5.71 Å². The molecule has 0 aromatic rings. The Hall–Kier alpha value is -0.900. The maximum atomic E-state index is 13.6. The molecule has 0 heterocycles. The van der Waals surface area contributed by atoms with Gasteiger partial charge in [-0.25, -0.2) is 0 Å². The first-order chi connectivity index (χ1) is 8.81. The predicted molar refractivity (Wildman–Crippen MR) is 66.8 cm³/mol. The Morgan fingerprint density at radius 1 is 0.842 bits per heavy atom. The molecule has 0 spiro atoms. The summed E-state index contributed by atoms with van der Waals surface area (Å²) in [5, 5.41) is 0. The number of alkyl halides is 4. The van der Waals surface area contributed by atoms with Crippen LogP contribution in [0.2, 0.25) is 0 Å². The summed E-state index contributed by atoms with van der Waals surface area (Å²) >= 11 is 0. The monoisotopic (exact) mass is 282 g/mol. The molecule has 0 radical (unpaired) electrons. The number of halogens is 4. The van der Waals surface area contributed by atoms with E-state index in [0.29, 0.717) is 25.7 Å². The van der Waals surface area contributed by atoms with Crippen LogP contribution >= 0.6 is 0 Å². The Bertz CT molecular complexity index is 286. The molecule has 0 atom stereocenters. The molecule has 0 saturated heterocycles. The highest BCUT2D eigenvalue weighted by atomic mass is 19.3. The van der Waals surface area contributed by atoms with Gasteiger partial charge >= 0.3 is 17.6 Å². The molecule has 0 bridgehead atoms. The van der Waals surface area contributed by atoms with E-state index in [1.165, 1.54) is 0 Å². The number of rotatable bonds is 10. The van der Waals surface area contributed by atoms with E-state index in [4.69, 9.17) is 5.53 Å². The van der Waals surface area contributed by atoms with Crippen molar-refractivity contribution in [3.63, 3.8) is 0 Å². The van der Waals surface area contributed by atoms with Gasteiger partial charge in [0.1, 0.15) is 0 Å². The van der Waals surface area contributed by atoms with Gasteiger partial charge in [0.25, 0.3) is 0 Å². The van der Waals surface area contributed by atoms with Gasteiger partial charge in [-0.2, -0.15) is 22.4 Å². The second kappa shape index (κ2) is 8.31. The van der Waals surface area contributed by atoms with Crippen molar-refractivity contribution < 1.29 is 22.4 Å². The van der Waals surface area contributed by atoms with Crippen molar-refractivity contribution in [3.05, 3.63) is 5.53 Å². The molecular weight excluding hydrogens is 260 g/mol. The highest BCUT2D eigenvalue weighted by Crippen LogP contribution is 2.34. The maximum absolute atomic E-state index is 13.6. The molecule has 0 aromatic heterocycles. The second-order valence-corrected chi connectivity index (χ2v) is 4.77. The Morgan fingerprint density at radius 2 is 1.21 bits per heavy atom. The van der Waals surface area contributed by atoms with Gasteiger partial charge in [-0.15, -0.1) is 0 Å². The molecule has 0 aromatic carbocycles. The first-order valence-corrected chi connectivity index (χ1v) is 6.80. The molecule has 2 nitrogen and oxygen atoms in total. The quantitative estimate of drug-likeness (QED) is 0.176. The minimum Gasteiger partial charge on any atom is -0.361 e. The van der Waals surface area contributed by atoms with Crippen molar-refractivity contribution in [2.24, 2.45) is 0 Å². The lowest BCUT2D eigenvalue weighted by molar-refractivity contribution is -0.101. The van der Waals surface area contributed by atoms with Crippen LogP contribution in [0, 0.1) is 0 Å². The van der Waals surface area contributed by atoms with Crippen molar-refractivity contribution in [2.45, 2.75) is 77.1 Å². The summed E-state index contributed by atoms with van der Waals surface area (Å²) in [7, 11) is 0. The van der Waals surface area contributed by atoms with Gasteiger partial charge in [-0.3, -0.25) is 0 Å².